The number of nitrogens with one attached hydrogen (secondary N) is 2. The average Bonchev–Trinajstić information content (AvgIpc) is 2.40. The van der Waals surface area contributed by atoms with Gasteiger partial charge in [0.2, 0.25) is 0 Å². The van der Waals surface area contributed by atoms with E-state index in [1.54, 1.807) is 4.90 Å². The molecule has 3 N–H and O–H groups in total. The van der Waals surface area contributed by atoms with Crippen LogP contribution in [0.25, 0.3) is 0 Å². The highest BCUT2D eigenvalue weighted by atomic mass is 16.4. The van der Waals surface area contributed by atoms with Crippen LogP contribution in [0.15, 0.2) is 0 Å². The molecule has 1 fully saturated rings. The normalized spacial score (nSPS) is 17.8. The van der Waals surface area contributed by atoms with Gasteiger partial charge in [0.1, 0.15) is 6.04 Å². The van der Waals surface area contributed by atoms with Gasteiger partial charge in [-0.25, -0.2) is 9.59 Å². The minimum atomic E-state index is -0.962. The van der Waals surface area contributed by atoms with Crippen LogP contribution in [0.2, 0.25) is 0 Å². The lowest BCUT2D eigenvalue weighted by Crippen LogP contribution is -2.53. The molecule has 0 aromatic rings. The average molecular weight is 271 g/mol. The number of carbonyl (C=O) groups excluding carboxylic acids is 1. The molecule has 0 bridgehead atoms. The van der Waals surface area contributed by atoms with Gasteiger partial charge in [0, 0.05) is 12.6 Å². The topological polar surface area (TPSA) is 81.7 Å². The van der Waals surface area contributed by atoms with Crippen LogP contribution in [0.5, 0.6) is 0 Å². The zero-order valence-electron chi connectivity index (χ0n) is 11.8. The lowest BCUT2D eigenvalue weighted by atomic mass is 10.1. The van der Waals surface area contributed by atoms with Gasteiger partial charge in [0.15, 0.2) is 0 Å². The third-order valence-electron chi connectivity index (χ3n) is 3.52. The van der Waals surface area contributed by atoms with Crippen LogP contribution in [-0.2, 0) is 4.79 Å². The molecule has 0 radical (unpaired) electrons. The van der Waals surface area contributed by atoms with Gasteiger partial charge in [-0.05, 0) is 39.3 Å². The monoisotopic (exact) mass is 271 g/mol. The summed E-state index contributed by atoms with van der Waals surface area (Å²) in [4.78, 5) is 25.0. The molecular formula is C13H25N3O3. The first kappa shape index (κ1) is 15.8. The Morgan fingerprint density at radius 2 is 2.00 bits per heavy atom. The van der Waals surface area contributed by atoms with Gasteiger partial charge in [-0.2, -0.15) is 0 Å². The van der Waals surface area contributed by atoms with E-state index in [2.05, 4.69) is 10.6 Å². The van der Waals surface area contributed by atoms with Gasteiger partial charge < -0.3 is 20.6 Å². The maximum Gasteiger partial charge on any atom is 0.326 e. The maximum atomic E-state index is 12.2. The molecule has 1 rings (SSSR count). The predicted octanol–water partition coefficient (Wildman–Crippen LogP) is 1.02. The van der Waals surface area contributed by atoms with Crippen molar-refractivity contribution in [3.8, 4) is 0 Å². The zero-order chi connectivity index (χ0) is 14.3. The standard InChI is InChI=1S/C13H25N3O3/c1-3-5-11(12(17)18)15-13(19)16(4-2)10-6-8-14-9-7-10/h10-11,14H,3-9H2,1-2H3,(H,15,19)(H,17,18). The molecule has 2 amide bonds. The minimum absolute atomic E-state index is 0.210. The molecule has 1 atom stereocenters. The molecule has 0 aromatic heterocycles. The van der Waals surface area contributed by atoms with Crippen molar-refractivity contribution in [2.75, 3.05) is 19.6 Å². The van der Waals surface area contributed by atoms with Crippen molar-refractivity contribution in [2.24, 2.45) is 0 Å². The zero-order valence-corrected chi connectivity index (χ0v) is 11.8. The van der Waals surface area contributed by atoms with Gasteiger partial charge in [-0.15, -0.1) is 0 Å². The van der Waals surface area contributed by atoms with Crippen molar-refractivity contribution in [1.82, 2.24) is 15.5 Å². The Morgan fingerprint density at radius 3 is 2.47 bits per heavy atom. The van der Waals surface area contributed by atoms with Crippen molar-refractivity contribution in [3.05, 3.63) is 0 Å². The number of urea groups is 1. The highest BCUT2D eigenvalue weighted by Crippen LogP contribution is 2.12. The highest BCUT2D eigenvalue weighted by Gasteiger charge is 2.27. The van der Waals surface area contributed by atoms with Gasteiger partial charge >= 0.3 is 12.0 Å². The van der Waals surface area contributed by atoms with Crippen LogP contribution >= 0.6 is 0 Å². The number of piperidine rings is 1. The van der Waals surface area contributed by atoms with Gasteiger partial charge in [0.05, 0.1) is 0 Å². The molecule has 1 unspecified atom stereocenters. The van der Waals surface area contributed by atoms with Crippen LogP contribution in [0.3, 0.4) is 0 Å². The molecule has 1 heterocycles. The minimum Gasteiger partial charge on any atom is -0.480 e. The maximum absolute atomic E-state index is 12.2. The van der Waals surface area contributed by atoms with E-state index in [1.165, 1.54) is 0 Å². The molecule has 6 heteroatoms. The van der Waals surface area contributed by atoms with Crippen molar-refractivity contribution in [1.29, 1.82) is 0 Å². The first-order valence-electron chi connectivity index (χ1n) is 7.10. The Labute approximate surface area is 114 Å². The van der Waals surface area contributed by atoms with Gasteiger partial charge in [-0.1, -0.05) is 13.3 Å². The lowest BCUT2D eigenvalue weighted by molar-refractivity contribution is -0.139. The van der Waals surface area contributed by atoms with E-state index < -0.39 is 12.0 Å². The van der Waals surface area contributed by atoms with Crippen molar-refractivity contribution >= 4 is 12.0 Å². The Morgan fingerprint density at radius 1 is 1.37 bits per heavy atom. The molecule has 1 saturated heterocycles. The molecule has 110 valence electrons. The fraction of sp³-hybridized carbons (Fsp3) is 0.846. The predicted molar refractivity (Wildman–Crippen MR) is 73.1 cm³/mol. The number of amides is 2. The van der Waals surface area contributed by atoms with E-state index in [4.69, 9.17) is 5.11 Å². The van der Waals surface area contributed by atoms with Crippen molar-refractivity contribution in [2.45, 2.75) is 51.6 Å². The number of rotatable bonds is 6. The molecule has 6 nitrogen and oxygen atoms in total. The van der Waals surface area contributed by atoms with Crippen LogP contribution < -0.4 is 10.6 Å². The molecule has 19 heavy (non-hydrogen) atoms. The number of carboxylic acids is 1. The van der Waals surface area contributed by atoms with Crippen LogP contribution in [0.4, 0.5) is 4.79 Å². The second-order valence-corrected chi connectivity index (χ2v) is 4.90. The Hall–Kier alpha value is -1.30. The quantitative estimate of drug-likeness (QED) is 0.674. The van der Waals surface area contributed by atoms with E-state index in [-0.39, 0.29) is 12.1 Å². The van der Waals surface area contributed by atoms with E-state index in [1.807, 2.05) is 13.8 Å². The number of nitrogens with zero attached hydrogens (tertiary/aromatic N) is 1. The summed E-state index contributed by atoms with van der Waals surface area (Å²) in [5.41, 5.74) is 0. The summed E-state index contributed by atoms with van der Waals surface area (Å²) < 4.78 is 0. The Kier molecular flexibility index (Phi) is 6.62. The summed E-state index contributed by atoms with van der Waals surface area (Å²) in [6, 6.07) is -0.828. The number of hydrogen-bond donors (Lipinski definition) is 3. The van der Waals surface area contributed by atoms with E-state index in [0.29, 0.717) is 13.0 Å². The fourth-order valence-electron chi connectivity index (χ4n) is 2.46. The number of hydrogen-bond acceptors (Lipinski definition) is 3. The Bertz CT molecular complexity index is 304. The third-order valence-corrected chi connectivity index (χ3v) is 3.52. The molecule has 1 aliphatic rings. The second-order valence-electron chi connectivity index (χ2n) is 4.90. The summed E-state index contributed by atoms with van der Waals surface area (Å²) in [5, 5.41) is 15.0. The number of carboxylic acid groups (broad SMARTS) is 1. The smallest absolute Gasteiger partial charge is 0.326 e. The molecular weight excluding hydrogens is 246 g/mol. The first-order chi connectivity index (χ1) is 9.10. The van der Waals surface area contributed by atoms with Crippen LogP contribution in [-0.4, -0.2) is 53.7 Å². The van der Waals surface area contributed by atoms with E-state index in [9.17, 15) is 9.59 Å². The first-order valence-corrected chi connectivity index (χ1v) is 7.10. The SMILES string of the molecule is CCCC(NC(=O)N(CC)C1CCNCC1)C(=O)O. The summed E-state index contributed by atoms with van der Waals surface area (Å²) in [5.74, 6) is -0.962. The van der Waals surface area contributed by atoms with E-state index in [0.717, 1.165) is 32.4 Å². The van der Waals surface area contributed by atoms with Gasteiger partial charge in [-0.3, -0.25) is 0 Å². The Balaban J connectivity index is 2.58. The van der Waals surface area contributed by atoms with Crippen molar-refractivity contribution in [3.63, 3.8) is 0 Å². The molecule has 0 aliphatic carbocycles. The molecule has 0 spiro atoms. The highest BCUT2D eigenvalue weighted by molar-refractivity contribution is 5.82. The second kappa shape index (κ2) is 7.99. The van der Waals surface area contributed by atoms with Crippen LogP contribution in [0, 0.1) is 0 Å². The summed E-state index contributed by atoms with van der Waals surface area (Å²) >= 11 is 0. The van der Waals surface area contributed by atoms with E-state index >= 15 is 0 Å². The third kappa shape index (κ3) is 4.70. The summed E-state index contributed by atoms with van der Waals surface area (Å²) in [6.45, 7) is 6.26. The van der Waals surface area contributed by atoms with Gasteiger partial charge in [0.25, 0.3) is 0 Å². The largest absolute Gasteiger partial charge is 0.480 e. The number of carbonyl (C=O) groups is 2. The number of aliphatic carboxylic acids is 1. The summed E-state index contributed by atoms with van der Waals surface area (Å²) in [7, 11) is 0. The molecule has 0 saturated carbocycles. The molecule has 0 aromatic carbocycles. The van der Waals surface area contributed by atoms with Crippen LogP contribution in [0.1, 0.15) is 39.5 Å². The lowest BCUT2D eigenvalue weighted by Gasteiger charge is -2.34. The fourth-order valence-corrected chi connectivity index (χ4v) is 2.46. The molecule has 1 aliphatic heterocycles. The summed E-state index contributed by atoms with van der Waals surface area (Å²) in [6.07, 6.45) is 3.04. The van der Waals surface area contributed by atoms with Crippen molar-refractivity contribution < 1.29 is 14.7 Å².